The molecule has 2 aliphatic heterocycles. The standard InChI is InChI=1S/C57H85IN8O11/c1-15-34(5)45-54(73)62(11)36(7)48(67)59-41(28-33(3)4)52(71)65(14)47(57(9,10)76)56(75)77-46(35(6)16-2)55(74)63(12)37(8)49(68)60-42(30-38-22-18-17-19-23-38)51(70)64(13)44(31-39-24-20-25-40(29-39)32-58)53(72)66-27-21-26-43(66)50(69)61-45/h17-20,22-25,29,33-37,41-47,76H,15-16,21,26-28,30-32H2,1-14H3,(H,59,67)(H,60,68)(H,61,69)/t34?,35?,36-,37-,41?,42?,43?,44?,45?,46+,47?/m0/s1. The Morgan fingerprint density at radius 2 is 1.19 bits per heavy atom. The Bertz CT molecular complexity index is 2420. The molecule has 2 aromatic carbocycles. The van der Waals surface area contributed by atoms with Crippen LogP contribution in [0, 0.1) is 17.8 Å². The molecular formula is C57H85IN8O11. The molecule has 2 aromatic rings. The molecule has 2 heterocycles. The van der Waals surface area contributed by atoms with Gasteiger partial charge in [-0.25, -0.2) is 4.79 Å². The Morgan fingerprint density at radius 3 is 1.75 bits per heavy atom. The smallest absolute Gasteiger partial charge is 0.332 e. The van der Waals surface area contributed by atoms with Gasteiger partial charge in [0.1, 0.15) is 42.3 Å². The lowest BCUT2D eigenvalue weighted by Gasteiger charge is -2.39. The maximum atomic E-state index is 15.3. The van der Waals surface area contributed by atoms with Crippen molar-refractivity contribution in [3.63, 3.8) is 0 Å². The molecule has 19 nitrogen and oxygen atoms in total. The van der Waals surface area contributed by atoms with Gasteiger partial charge in [0.2, 0.25) is 41.4 Å². The highest BCUT2D eigenvalue weighted by Gasteiger charge is 2.47. The number of likely N-dealkylation sites (N-methyl/N-ethyl adjacent to an activating group) is 4. The van der Waals surface area contributed by atoms with Crippen molar-refractivity contribution in [1.82, 2.24) is 40.4 Å². The number of carbonyl (C=O) groups is 9. The molecule has 0 radical (unpaired) electrons. The Hall–Kier alpha value is -5.64. The molecule has 8 amide bonds. The van der Waals surface area contributed by atoms with Gasteiger partial charge in [0, 0.05) is 57.9 Å². The maximum absolute atomic E-state index is 15.3. The topological polar surface area (TPSA) is 235 Å². The van der Waals surface area contributed by atoms with Gasteiger partial charge in [0.15, 0.2) is 12.1 Å². The average Bonchev–Trinajstić information content (AvgIpc) is 3.90. The number of hydrogen-bond acceptors (Lipinski definition) is 11. The summed E-state index contributed by atoms with van der Waals surface area (Å²) >= 11 is 2.25. The number of carbonyl (C=O) groups excluding carboxylic acids is 9. The van der Waals surface area contributed by atoms with Crippen molar-refractivity contribution in [3.05, 3.63) is 71.3 Å². The van der Waals surface area contributed by atoms with Gasteiger partial charge < -0.3 is 50.3 Å². The number of nitrogens with one attached hydrogen (secondary N) is 3. The molecule has 0 spiro atoms. The molecule has 4 rings (SSSR count). The third-order valence-electron chi connectivity index (χ3n) is 15.4. The predicted molar refractivity (Wildman–Crippen MR) is 301 cm³/mol. The van der Waals surface area contributed by atoms with Gasteiger partial charge in [-0.05, 0) is 81.9 Å². The van der Waals surface area contributed by atoms with Crippen LogP contribution in [-0.2, 0) is 65.2 Å². The van der Waals surface area contributed by atoms with Crippen molar-refractivity contribution >= 4 is 75.8 Å². The van der Waals surface area contributed by atoms with Crippen molar-refractivity contribution in [2.45, 2.75) is 179 Å². The molecule has 426 valence electrons. The largest absolute Gasteiger partial charge is 0.450 e. The molecule has 0 aromatic heterocycles. The monoisotopic (exact) mass is 1180 g/mol. The van der Waals surface area contributed by atoms with Crippen molar-refractivity contribution in [2.75, 3.05) is 34.7 Å². The second-order valence-electron chi connectivity index (χ2n) is 22.1. The summed E-state index contributed by atoms with van der Waals surface area (Å²) in [5, 5.41) is 20.2. The first-order valence-electron chi connectivity index (χ1n) is 27.0. The second kappa shape index (κ2) is 28.3. The fraction of sp³-hybridized carbons (Fsp3) is 0.632. The van der Waals surface area contributed by atoms with E-state index in [-0.39, 0.29) is 38.1 Å². The Labute approximate surface area is 469 Å². The van der Waals surface area contributed by atoms with E-state index in [1.54, 1.807) is 45.0 Å². The number of ether oxygens (including phenoxy) is 1. The van der Waals surface area contributed by atoms with Gasteiger partial charge in [-0.1, -0.05) is 125 Å². The predicted octanol–water partition coefficient (Wildman–Crippen LogP) is 4.03. The highest BCUT2D eigenvalue weighted by atomic mass is 127. The number of esters is 1. The van der Waals surface area contributed by atoms with Crippen LogP contribution >= 0.6 is 22.6 Å². The zero-order valence-corrected chi connectivity index (χ0v) is 49.8. The molecule has 2 aliphatic rings. The van der Waals surface area contributed by atoms with E-state index in [0.717, 1.165) is 20.9 Å². The first-order chi connectivity index (χ1) is 36.1. The van der Waals surface area contributed by atoms with Crippen LogP contribution in [0.3, 0.4) is 0 Å². The fourth-order valence-electron chi connectivity index (χ4n) is 9.87. The molecule has 11 atom stereocenters. The number of alkyl halides is 1. The van der Waals surface area contributed by atoms with E-state index in [1.165, 1.54) is 70.6 Å². The maximum Gasteiger partial charge on any atom is 0.332 e. The number of nitrogens with zero attached hydrogens (tertiary/aromatic N) is 5. The van der Waals surface area contributed by atoms with Crippen LogP contribution in [0.15, 0.2) is 54.6 Å². The van der Waals surface area contributed by atoms with Crippen LogP contribution in [0.2, 0.25) is 0 Å². The fourth-order valence-corrected chi connectivity index (χ4v) is 10.3. The van der Waals surface area contributed by atoms with Gasteiger partial charge >= 0.3 is 5.97 Å². The molecule has 2 saturated heterocycles. The summed E-state index contributed by atoms with van der Waals surface area (Å²) in [4.78, 5) is 138. The van der Waals surface area contributed by atoms with E-state index in [4.69, 9.17) is 4.74 Å². The molecule has 77 heavy (non-hydrogen) atoms. The normalized spacial score (nSPS) is 26.7. The summed E-state index contributed by atoms with van der Waals surface area (Å²) in [7, 11) is 5.57. The molecule has 4 N–H and O–H groups in total. The highest BCUT2D eigenvalue weighted by Crippen LogP contribution is 2.26. The summed E-state index contributed by atoms with van der Waals surface area (Å²) in [6.45, 7) is 16.5. The van der Waals surface area contributed by atoms with Crippen LogP contribution in [0.1, 0.15) is 118 Å². The molecule has 20 heteroatoms. The minimum Gasteiger partial charge on any atom is -0.450 e. The summed E-state index contributed by atoms with van der Waals surface area (Å²) in [6, 6.07) is 6.60. The third-order valence-corrected chi connectivity index (χ3v) is 16.3. The lowest BCUT2D eigenvalue weighted by atomic mass is 9.94. The van der Waals surface area contributed by atoms with Crippen molar-refractivity contribution < 1.29 is 53.0 Å². The molecule has 0 aliphatic carbocycles. The number of amides is 8. The van der Waals surface area contributed by atoms with E-state index in [9.17, 15) is 38.7 Å². The number of halogens is 1. The SMILES string of the molecule is CCC(C)C1NC(=O)C2CCCN2C(=O)C(Cc2cccc(CI)c2)N(C)C(=O)C(Cc2ccccc2)NC(=O)[C@H](C)N(C)C(=O)[C@@H](C(C)CC)OC(=O)C(C(C)(C)O)N(C)C(=O)C(CC(C)C)NC(=O)[C@H](C)N(C)C1=O. The van der Waals surface area contributed by atoms with Gasteiger partial charge in [-0.15, -0.1) is 0 Å². The number of fused-ring (bicyclic) bond motifs is 1. The van der Waals surface area contributed by atoms with E-state index in [2.05, 4.69) is 38.5 Å². The van der Waals surface area contributed by atoms with E-state index >= 15 is 9.59 Å². The highest BCUT2D eigenvalue weighted by molar-refractivity contribution is 14.1. The van der Waals surface area contributed by atoms with Crippen LogP contribution in [0.5, 0.6) is 0 Å². The summed E-state index contributed by atoms with van der Waals surface area (Å²) in [6.07, 6.45) is 0.133. The zero-order chi connectivity index (χ0) is 57.8. The Kier molecular flexibility index (Phi) is 23.5. The quantitative estimate of drug-likeness (QED) is 0.135. The van der Waals surface area contributed by atoms with Gasteiger partial charge in [-0.3, -0.25) is 38.4 Å². The van der Waals surface area contributed by atoms with Gasteiger partial charge in [0.05, 0.1) is 5.60 Å². The summed E-state index contributed by atoms with van der Waals surface area (Å²) in [5.74, 6) is -7.64. The number of aliphatic hydroxyl groups is 1. The Balaban J connectivity index is 1.92. The third kappa shape index (κ3) is 16.2. The molecule has 0 bridgehead atoms. The lowest BCUT2D eigenvalue weighted by Crippen LogP contribution is -2.62. The number of cyclic esters (lactones) is 1. The number of rotatable bonds is 12. The average molecular weight is 1190 g/mol. The van der Waals surface area contributed by atoms with E-state index < -0.39 is 125 Å². The van der Waals surface area contributed by atoms with Crippen LogP contribution in [-0.4, -0.2) is 178 Å². The van der Waals surface area contributed by atoms with Gasteiger partial charge in [0.25, 0.3) is 5.91 Å². The van der Waals surface area contributed by atoms with Gasteiger partial charge in [-0.2, -0.15) is 0 Å². The van der Waals surface area contributed by atoms with Crippen LogP contribution < -0.4 is 16.0 Å². The van der Waals surface area contributed by atoms with Crippen molar-refractivity contribution in [1.29, 1.82) is 0 Å². The minimum absolute atomic E-state index is 0.00494. The summed E-state index contributed by atoms with van der Waals surface area (Å²) < 4.78 is 6.68. The number of benzene rings is 2. The molecule has 2 fully saturated rings. The van der Waals surface area contributed by atoms with Crippen LogP contribution in [0.4, 0.5) is 0 Å². The minimum atomic E-state index is -1.96. The first-order valence-corrected chi connectivity index (χ1v) is 28.5. The molecular weight excluding hydrogens is 1100 g/mol. The molecule has 8 unspecified atom stereocenters. The second-order valence-corrected chi connectivity index (χ2v) is 22.9. The first kappa shape index (κ1) is 63.9. The van der Waals surface area contributed by atoms with Crippen molar-refractivity contribution in [3.8, 4) is 0 Å². The summed E-state index contributed by atoms with van der Waals surface area (Å²) in [5.41, 5.74) is 0.479. The van der Waals surface area contributed by atoms with Crippen LogP contribution in [0.25, 0.3) is 0 Å². The van der Waals surface area contributed by atoms with E-state index in [1.807, 2.05) is 51.1 Å². The Morgan fingerprint density at radius 1 is 0.649 bits per heavy atom. The lowest BCUT2D eigenvalue weighted by molar-refractivity contribution is -0.177. The molecule has 0 saturated carbocycles. The van der Waals surface area contributed by atoms with Crippen molar-refractivity contribution in [2.24, 2.45) is 17.8 Å². The zero-order valence-electron chi connectivity index (χ0n) is 47.6. The number of hydrogen-bond donors (Lipinski definition) is 4. The van der Waals surface area contributed by atoms with E-state index in [0.29, 0.717) is 29.3 Å².